The van der Waals surface area contributed by atoms with Crippen molar-refractivity contribution in [3.05, 3.63) is 60.1 Å². The number of nitrogens with zero attached hydrogens (tertiary/aromatic N) is 2. The molecule has 2 heterocycles. The van der Waals surface area contributed by atoms with Crippen LogP contribution in [-0.4, -0.2) is 36.5 Å². The van der Waals surface area contributed by atoms with E-state index in [0.29, 0.717) is 18.6 Å². The van der Waals surface area contributed by atoms with Gasteiger partial charge in [0.25, 0.3) is 0 Å². The smallest absolute Gasteiger partial charge is 0.191 e. The monoisotopic (exact) mass is 326 g/mol. The van der Waals surface area contributed by atoms with E-state index >= 15 is 0 Å². The molecule has 3 rings (SSSR count). The number of guanidine groups is 1. The molecular weight excluding hydrogens is 300 g/mol. The third-order valence-electron chi connectivity index (χ3n) is 4.51. The molecule has 24 heavy (non-hydrogen) atoms. The number of nitrogens with one attached hydrogen (secondary N) is 2. The number of furan rings is 1. The lowest BCUT2D eigenvalue weighted by Gasteiger charge is -2.21. The molecule has 0 radical (unpaired) electrons. The van der Waals surface area contributed by atoms with E-state index in [1.54, 1.807) is 13.3 Å². The van der Waals surface area contributed by atoms with Gasteiger partial charge in [-0.2, -0.15) is 0 Å². The Morgan fingerprint density at radius 1 is 1.25 bits per heavy atom. The first kappa shape index (κ1) is 16.6. The standard InChI is InChI=1S/C19H26N4O/c1-15-11-17(14-23(15)13-16-7-4-3-5-8-16)22-19(20-2)21-12-18-9-6-10-24-18/h3-10,15,17H,11-14H2,1-2H3,(H2,20,21,22). The van der Waals surface area contributed by atoms with Crippen molar-refractivity contribution in [1.82, 2.24) is 15.5 Å². The van der Waals surface area contributed by atoms with Crippen LogP contribution >= 0.6 is 0 Å². The number of rotatable bonds is 5. The molecule has 1 aliphatic rings. The van der Waals surface area contributed by atoms with Crippen molar-refractivity contribution in [3.63, 3.8) is 0 Å². The molecule has 0 spiro atoms. The second-order valence-electron chi connectivity index (χ2n) is 6.35. The Morgan fingerprint density at radius 2 is 2.08 bits per heavy atom. The maximum absolute atomic E-state index is 5.35. The van der Waals surface area contributed by atoms with Crippen molar-refractivity contribution in [2.75, 3.05) is 13.6 Å². The van der Waals surface area contributed by atoms with E-state index in [1.165, 1.54) is 5.56 Å². The van der Waals surface area contributed by atoms with Gasteiger partial charge in [0, 0.05) is 32.2 Å². The largest absolute Gasteiger partial charge is 0.467 e. The Bertz CT molecular complexity index is 639. The molecule has 128 valence electrons. The quantitative estimate of drug-likeness (QED) is 0.655. The lowest BCUT2D eigenvalue weighted by molar-refractivity contribution is 0.258. The Kier molecular flexibility index (Phi) is 5.54. The minimum atomic E-state index is 0.409. The van der Waals surface area contributed by atoms with Crippen LogP contribution in [0.15, 0.2) is 58.1 Å². The van der Waals surface area contributed by atoms with Crippen LogP contribution in [0.1, 0.15) is 24.7 Å². The molecule has 2 aromatic rings. The first-order chi connectivity index (χ1) is 11.7. The van der Waals surface area contributed by atoms with Crippen molar-refractivity contribution in [1.29, 1.82) is 0 Å². The van der Waals surface area contributed by atoms with Crippen molar-refractivity contribution in [3.8, 4) is 0 Å². The fourth-order valence-corrected chi connectivity index (χ4v) is 3.21. The summed E-state index contributed by atoms with van der Waals surface area (Å²) in [5.74, 6) is 1.73. The molecule has 1 aromatic heterocycles. The number of hydrogen-bond acceptors (Lipinski definition) is 3. The van der Waals surface area contributed by atoms with Gasteiger partial charge in [-0.05, 0) is 31.0 Å². The van der Waals surface area contributed by atoms with Crippen molar-refractivity contribution < 1.29 is 4.42 Å². The van der Waals surface area contributed by atoms with Crippen molar-refractivity contribution in [2.24, 2.45) is 4.99 Å². The summed E-state index contributed by atoms with van der Waals surface area (Å²) >= 11 is 0. The van der Waals surface area contributed by atoms with E-state index in [0.717, 1.165) is 31.2 Å². The summed E-state index contributed by atoms with van der Waals surface area (Å²) in [6.07, 6.45) is 2.81. The number of hydrogen-bond donors (Lipinski definition) is 2. The SMILES string of the molecule is CN=C(NCc1ccco1)NC1CC(C)N(Cc2ccccc2)C1. The van der Waals surface area contributed by atoms with Crippen LogP contribution in [0.5, 0.6) is 0 Å². The van der Waals surface area contributed by atoms with E-state index in [1.807, 2.05) is 12.1 Å². The maximum Gasteiger partial charge on any atom is 0.191 e. The summed E-state index contributed by atoms with van der Waals surface area (Å²) < 4.78 is 5.35. The zero-order chi connectivity index (χ0) is 16.8. The molecule has 0 aliphatic carbocycles. The first-order valence-corrected chi connectivity index (χ1v) is 8.52. The van der Waals surface area contributed by atoms with Gasteiger partial charge in [-0.3, -0.25) is 9.89 Å². The van der Waals surface area contributed by atoms with Crippen LogP contribution in [0.4, 0.5) is 0 Å². The topological polar surface area (TPSA) is 52.8 Å². The van der Waals surface area contributed by atoms with Gasteiger partial charge in [0.05, 0.1) is 12.8 Å². The predicted molar refractivity (Wildman–Crippen MR) is 96.8 cm³/mol. The Hall–Kier alpha value is -2.27. The second-order valence-corrected chi connectivity index (χ2v) is 6.35. The highest BCUT2D eigenvalue weighted by atomic mass is 16.3. The molecule has 1 aliphatic heterocycles. The molecule has 2 N–H and O–H groups in total. The molecule has 0 bridgehead atoms. The minimum absolute atomic E-state index is 0.409. The van der Waals surface area contributed by atoms with E-state index in [-0.39, 0.29) is 0 Å². The summed E-state index contributed by atoms with van der Waals surface area (Å²) in [4.78, 5) is 6.84. The Balaban J connectivity index is 1.50. The van der Waals surface area contributed by atoms with Gasteiger partial charge in [0.15, 0.2) is 5.96 Å². The molecular formula is C19H26N4O. The highest BCUT2D eigenvalue weighted by molar-refractivity contribution is 5.79. The highest BCUT2D eigenvalue weighted by Crippen LogP contribution is 2.20. The van der Waals surface area contributed by atoms with E-state index in [9.17, 15) is 0 Å². The molecule has 5 heteroatoms. The first-order valence-electron chi connectivity index (χ1n) is 8.52. The summed E-state index contributed by atoms with van der Waals surface area (Å²) in [6.45, 7) is 4.96. The molecule has 1 aromatic carbocycles. The van der Waals surface area contributed by atoms with Crippen LogP contribution in [0, 0.1) is 0 Å². The molecule has 0 saturated carbocycles. The lowest BCUT2D eigenvalue weighted by atomic mass is 10.2. The molecule has 2 unspecified atom stereocenters. The lowest BCUT2D eigenvalue weighted by Crippen LogP contribution is -2.44. The molecule has 1 saturated heterocycles. The number of likely N-dealkylation sites (tertiary alicyclic amines) is 1. The highest BCUT2D eigenvalue weighted by Gasteiger charge is 2.29. The zero-order valence-corrected chi connectivity index (χ0v) is 14.4. The molecule has 5 nitrogen and oxygen atoms in total. The van der Waals surface area contributed by atoms with Crippen LogP contribution in [0.2, 0.25) is 0 Å². The van der Waals surface area contributed by atoms with Gasteiger partial charge < -0.3 is 15.1 Å². The third kappa shape index (κ3) is 4.38. The van der Waals surface area contributed by atoms with Gasteiger partial charge in [-0.25, -0.2) is 0 Å². The summed E-state index contributed by atoms with van der Waals surface area (Å²) in [6, 6.07) is 15.5. The van der Waals surface area contributed by atoms with Gasteiger partial charge in [0.1, 0.15) is 5.76 Å². The van der Waals surface area contributed by atoms with Gasteiger partial charge in [0.2, 0.25) is 0 Å². The fraction of sp³-hybridized carbons (Fsp3) is 0.421. The summed E-state index contributed by atoms with van der Waals surface area (Å²) in [7, 11) is 1.80. The molecule has 1 fully saturated rings. The van der Waals surface area contributed by atoms with E-state index < -0.39 is 0 Å². The van der Waals surface area contributed by atoms with Crippen molar-refractivity contribution in [2.45, 2.75) is 38.5 Å². The average molecular weight is 326 g/mol. The number of benzene rings is 1. The zero-order valence-electron chi connectivity index (χ0n) is 14.4. The Labute approximate surface area is 143 Å². The summed E-state index contributed by atoms with van der Waals surface area (Å²) in [5, 5.41) is 6.83. The van der Waals surface area contributed by atoms with Crippen LogP contribution in [0.25, 0.3) is 0 Å². The molecule has 2 atom stereocenters. The van der Waals surface area contributed by atoms with E-state index in [4.69, 9.17) is 4.42 Å². The third-order valence-corrected chi connectivity index (χ3v) is 4.51. The second kappa shape index (κ2) is 8.02. The summed E-state index contributed by atoms with van der Waals surface area (Å²) in [5.41, 5.74) is 1.37. The normalized spacial score (nSPS) is 21.8. The number of aliphatic imine (C=N–C) groups is 1. The van der Waals surface area contributed by atoms with Gasteiger partial charge >= 0.3 is 0 Å². The fourth-order valence-electron chi connectivity index (χ4n) is 3.21. The molecule has 0 amide bonds. The Morgan fingerprint density at radius 3 is 2.79 bits per heavy atom. The van der Waals surface area contributed by atoms with Crippen LogP contribution < -0.4 is 10.6 Å². The van der Waals surface area contributed by atoms with Gasteiger partial charge in [-0.15, -0.1) is 0 Å². The van der Waals surface area contributed by atoms with Crippen LogP contribution in [0.3, 0.4) is 0 Å². The minimum Gasteiger partial charge on any atom is -0.467 e. The van der Waals surface area contributed by atoms with E-state index in [2.05, 4.69) is 57.8 Å². The van der Waals surface area contributed by atoms with Crippen molar-refractivity contribution >= 4 is 5.96 Å². The maximum atomic E-state index is 5.35. The van der Waals surface area contributed by atoms with Gasteiger partial charge in [-0.1, -0.05) is 30.3 Å². The predicted octanol–water partition coefficient (Wildman–Crippen LogP) is 2.61. The average Bonchev–Trinajstić information content (AvgIpc) is 3.23. The van der Waals surface area contributed by atoms with Crippen LogP contribution in [-0.2, 0) is 13.1 Å².